The first-order valence-electron chi connectivity index (χ1n) is 6.56. The van der Waals surface area contributed by atoms with Crippen LogP contribution in [-0.4, -0.2) is 12.5 Å². The molecule has 0 aliphatic rings. The molecule has 3 heteroatoms. The summed E-state index contributed by atoms with van der Waals surface area (Å²) in [5.74, 6) is 0.585. The summed E-state index contributed by atoms with van der Waals surface area (Å²) < 4.78 is 0. The van der Waals surface area contributed by atoms with E-state index < -0.39 is 0 Å². The highest BCUT2D eigenvalue weighted by Gasteiger charge is 2.20. The molecule has 0 saturated heterocycles. The minimum absolute atomic E-state index is 0.00778. The first-order chi connectivity index (χ1) is 8.45. The molecule has 0 heterocycles. The topological polar surface area (TPSA) is 55.1 Å². The van der Waals surface area contributed by atoms with Gasteiger partial charge in [-0.2, -0.15) is 0 Å². The maximum atomic E-state index is 12.1. The van der Waals surface area contributed by atoms with Gasteiger partial charge in [0, 0.05) is 12.2 Å². The van der Waals surface area contributed by atoms with Crippen molar-refractivity contribution >= 4 is 11.6 Å². The lowest BCUT2D eigenvalue weighted by molar-refractivity contribution is -0.120. The van der Waals surface area contributed by atoms with Crippen LogP contribution in [0.25, 0.3) is 0 Å². The van der Waals surface area contributed by atoms with Crippen molar-refractivity contribution in [3.05, 3.63) is 29.8 Å². The zero-order valence-electron chi connectivity index (χ0n) is 11.7. The smallest absolute Gasteiger partial charge is 0.229 e. The van der Waals surface area contributed by atoms with Crippen molar-refractivity contribution in [3.63, 3.8) is 0 Å². The summed E-state index contributed by atoms with van der Waals surface area (Å²) in [4.78, 5) is 12.1. The molecule has 1 rings (SSSR count). The number of carbonyl (C=O) groups is 1. The van der Waals surface area contributed by atoms with E-state index in [0.29, 0.717) is 12.5 Å². The Morgan fingerprint density at radius 3 is 2.44 bits per heavy atom. The predicted molar refractivity (Wildman–Crippen MR) is 76.5 cm³/mol. The third-order valence-corrected chi connectivity index (χ3v) is 3.22. The summed E-state index contributed by atoms with van der Waals surface area (Å²) in [6, 6.07) is 7.98. The van der Waals surface area contributed by atoms with Crippen molar-refractivity contribution in [3.8, 4) is 0 Å². The van der Waals surface area contributed by atoms with Crippen LogP contribution in [0.2, 0.25) is 0 Å². The van der Waals surface area contributed by atoms with Crippen LogP contribution in [-0.2, 0) is 4.79 Å². The van der Waals surface area contributed by atoms with Crippen LogP contribution in [0.5, 0.6) is 0 Å². The van der Waals surface area contributed by atoms with Gasteiger partial charge in [0.25, 0.3) is 0 Å². The van der Waals surface area contributed by atoms with Gasteiger partial charge >= 0.3 is 0 Å². The van der Waals surface area contributed by atoms with Gasteiger partial charge < -0.3 is 11.1 Å². The molecule has 1 aromatic carbocycles. The average Bonchev–Trinajstić information content (AvgIpc) is 2.29. The maximum absolute atomic E-state index is 12.1. The second-order valence-corrected chi connectivity index (χ2v) is 5.36. The molecule has 0 aliphatic carbocycles. The van der Waals surface area contributed by atoms with Gasteiger partial charge in [-0.3, -0.25) is 4.79 Å². The molecule has 18 heavy (non-hydrogen) atoms. The van der Waals surface area contributed by atoms with Crippen molar-refractivity contribution in [2.45, 2.75) is 33.6 Å². The third-order valence-electron chi connectivity index (χ3n) is 3.22. The van der Waals surface area contributed by atoms with Crippen LogP contribution in [0.1, 0.15) is 39.2 Å². The van der Waals surface area contributed by atoms with Crippen LogP contribution in [0.15, 0.2) is 24.3 Å². The van der Waals surface area contributed by atoms with E-state index in [9.17, 15) is 4.79 Å². The molecule has 0 fully saturated rings. The van der Waals surface area contributed by atoms with Crippen LogP contribution >= 0.6 is 0 Å². The molecular formula is C15H24N2O. The van der Waals surface area contributed by atoms with Crippen LogP contribution in [0.3, 0.4) is 0 Å². The number of amides is 1. The maximum Gasteiger partial charge on any atom is 0.229 e. The molecule has 1 aromatic rings. The Hall–Kier alpha value is -1.35. The summed E-state index contributed by atoms with van der Waals surface area (Å²) >= 11 is 0. The van der Waals surface area contributed by atoms with E-state index in [4.69, 9.17) is 5.73 Å². The number of nitrogens with two attached hydrogens (primary N) is 1. The summed E-state index contributed by atoms with van der Waals surface area (Å²) in [6.45, 7) is 8.69. The van der Waals surface area contributed by atoms with Crippen LogP contribution < -0.4 is 11.1 Å². The van der Waals surface area contributed by atoms with E-state index in [1.165, 1.54) is 5.56 Å². The van der Waals surface area contributed by atoms with Crippen LogP contribution in [0, 0.1) is 11.8 Å². The Kier molecular flexibility index (Phi) is 5.35. The number of anilines is 1. The second kappa shape index (κ2) is 6.55. The number of rotatable bonds is 5. The van der Waals surface area contributed by atoms with E-state index in [0.717, 1.165) is 5.69 Å². The average molecular weight is 248 g/mol. The lowest BCUT2D eigenvalue weighted by Gasteiger charge is -2.18. The van der Waals surface area contributed by atoms with E-state index in [1.807, 2.05) is 32.0 Å². The Bertz CT molecular complexity index is 399. The minimum Gasteiger partial charge on any atom is -0.330 e. The lowest BCUT2D eigenvalue weighted by Crippen LogP contribution is -2.33. The SMILES string of the molecule is CC(C)c1cccc(NC(=O)C(CN)C(C)C)c1. The monoisotopic (exact) mass is 248 g/mol. The minimum atomic E-state index is -0.132. The third kappa shape index (κ3) is 3.84. The zero-order chi connectivity index (χ0) is 13.7. The molecule has 0 spiro atoms. The molecule has 0 radical (unpaired) electrons. The van der Waals surface area contributed by atoms with Crippen molar-refractivity contribution in [2.24, 2.45) is 17.6 Å². The first kappa shape index (κ1) is 14.7. The molecule has 0 aliphatic heterocycles. The molecular weight excluding hydrogens is 224 g/mol. The molecule has 1 atom stereocenters. The van der Waals surface area contributed by atoms with Gasteiger partial charge in [-0.25, -0.2) is 0 Å². The highest BCUT2D eigenvalue weighted by molar-refractivity contribution is 5.92. The Labute approximate surface area is 110 Å². The quantitative estimate of drug-likeness (QED) is 0.841. The van der Waals surface area contributed by atoms with Crippen molar-refractivity contribution in [1.29, 1.82) is 0 Å². The predicted octanol–water partition coefficient (Wildman–Crippen LogP) is 2.98. The van der Waals surface area contributed by atoms with Gasteiger partial charge in [-0.15, -0.1) is 0 Å². The lowest BCUT2D eigenvalue weighted by atomic mass is 9.95. The fourth-order valence-electron chi connectivity index (χ4n) is 1.89. The van der Waals surface area contributed by atoms with E-state index in [-0.39, 0.29) is 17.7 Å². The number of carbonyl (C=O) groups excluding carboxylic acids is 1. The first-order valence-corrected chi connectivity index (χ1v) is 6.56. The van der Waals surface area contributed by atoms with E-state index in [1.54, 1.807) is 0 Å². The zero-order valence-corrected chi connectivity index (χ0v) is 11.7. The number of nitrogens with one attached hydrogen (secondary N) is 1. The van der Waals surface area contributed by atoms with Crippen LogP contribution in [0.4, 0.5) is 5.69 Å². The fraction of sp³-hybridized carbons (Fsp3) is 0.533. The van der Waals surface area contributed by atoms with Gasteiger partial charge in [0.15, 0.2) is 0 Å². The van der Waals surface area contributed by atoms with Gasteiger partial charge in [0.2, 0.25) is 5.91 Å². The molecule has 3 nitrogen and oxygen atoms in total. The van der Waals surface area contributed by atoms with Gasteiger partial charge in [0.1, 0.15) is 0 Å². The Morgan fingerprint density at radius 1 is 1.28 bits per heavy atom. The standard InChI is InChI=1S/C15H24N2O/c1-10(2)12-6-5-7-13(8-12)17-15(18)14(9-16)11(3)4/h5-8,10-11,14H,9,16H2,1-4H3,(H,17,18). The Morgan fingerprint density at radius 2 is 1.94 bits per heavy atom. The molecule has 0 saturated carbocycles. The molecule has 1 amide bonds. The van der Waals surface area contributed by atoms with E-state index >= 15 is 0 Å². The summed E-state index contributed by atoms with van der Waals surface area (Å²) in [5, 5.41) is 2.95. The highest BCUT2D eigenvalue weighted by atomic mass is 16.1. The second-order valence-electron chi connectivity index (χ2n) is 5.36. The van der Waals surface area contributed by atoms with Crippen molar-refractivity contribution in [2.75, 3.05) is 11.9 Å². The largest absolute Gasteiger partial charge is 0.330 e. The number of hydrogen-bond acceptors (Lipinski definition) is 2. The number of hydrogen-bond donors (Lipinski definition) is 2. The highest BCUT2D eigenvalue weighted by Crippen LogP contribution is 2.20. The van der Waals surface area contributed by atoms with Gasteiger partial charge in [-0.05, 0) is 29.5 Å². The molecule has 1 unspecified atom stereocenters. The summed E-state index contributed by atoms with van der Waals surface area (Å²) in [6.07, 6.45) is 0. The van der Waals surface area contributed by atoms with Gasteiger partial charge in [0.05, 0.1) is 5.92 Å². The fourth-order valence-corrected chi connectivity index (χ4v) is 1.89. The van der Waals surface area contributed by atoms with Crippen molar-refractivity contribution < 1.29 is 4.79 Å². The molecule has 0 aromatic heterocycles. The molecule has 0 bridgehead atoms. The summed E-state index contributed by atoms with van der Waals surface area (Å²) in [5.41, 5.74) is 7.72. The normalized spacial score (nSPS) is 12.8. The number of benzene rings is 1. The molecule has 3 N–H and O–H groups in total. The van der Waals surface area contributed by atoms with E-state index in [2.05, 4.69) is 25.2 Å². The summed E-state index contributed by atoms with van der Waals surface area (Å²) in [7, 11) is 0. The van der Waals surface area contributed by atoms with Crippen molar-refractivity contribution in [1.82, 2.24) is 0 Å². The van der Waals surface area contributed by atoms with Gasteiger partial charge in [-0.1, -0.05) is 39.8 Å². The Balaban J connectivity index is 2.78. The molecule has 100 valence electrons.